The second-order valence-electron chi connectivity index (χ2n) is 7.32. The molecule has 0 saturated carbocycles. The predicted octanol–water partition coefficient (Wildman–Crippen LogP) is 6.53. The Morgan fingerprint density at radius 2 is 1.44 bits per heavy atom. The lowest BCUT2D eigenvalue weighted by atomic mass is 9.93. The van der Waals surface area contributed by atoms with Crippen molar-refractivity contribution in [3.8, 4) is 11.3 Å². The summed E-state index contributed by atoms with van der Waals surface area (Å²) in [6.07, 6.45) is 1.90. The molecule has 0 atom stereocenters. The molecule has 130 valence electrons. The van der Waals surface area contributed by atoms with Crippen LogP contribution in [0.1, 0.15) is 16.7 Å². The first-order valence-electron chi connectivity index (χ1n) is 9.28. The van der Waals surface area contributed by atoms with Gasteiger partial charge in [-0.05, 0) is 42.7 Å². The van der Waals surface area contributed by atoms with Gasteiger partial charge in [0.1, 0.15) is 0 Å². The standard InChI is InChI=1S/C25H20N2/c1-15-12-17(3)23-20(13-15)19-11-7-8-16(2)22(19)25-24(23)26-14-21(27-25)18-9-5-4-6-10-18/h4-14H,1-3H3. The molecule has 2 nitrogen and oxygen atoms in total. The van der Waals surface area contributed by atoms with E-state index in [2.05, 4.69) is 63.2 Å². The Morgan fingerprint density at radius 3 is 2.26 bits per heavy atom. The van der Waals surface area contributed by atoms with E-state index in [-0.39, 0.29) is 0 Å². The number of benzene rings is 4. The van der Waals surface area contributed by atoms with Crippen LogP contribution in [0, 0.1) is 20.8 Å². The van der Waals surface area contributed by atoms with E-state index in [4.69, 9.17) is 9.97 Å². The maximum absolute atomic E-state index is 5.09. The van der Waals surface area contributed by atoms with Gasteiger partial charge >= 0.3 is 0 Å². The zero-order chi connectivity index (χ0) is 18.5. The third-order valence-corrected chi connectivity index (χ3v) is 5.36. The highest BCUT2D eigenvalue weighted by molar-refractivity contribution is 6.24. The van der Waals surface area contributed by atoms with Crippen molar-refractivity contribution in [3.05, 3.63) is 83.6 Å². The van der Waals surface area contributed by atoms with Gasteiger partial charge in [0.25, 0.3) is 0 Å². The molecule has 0 aliphatic carbocycles. The molecule has 0 aliphatic heterocycles. The van der Waals surface area contributed by atoms with Crippen molar-refractivity contribution in [2.75, 3.05) is 0 Å². The van der Waals surface area contributed by atoms with Crippen LogP contribution in [0.25, 0.3) is 43.8 Å². The highest BCUT2D eigenvalue weighted by Gasteiger charge is 2.15. The fraction of sp³-hybridized carbons (Fsp3) is 0.120. The zero-order valence-electron chi connectivity index (χ0n) is 15.7. The Labute approximate surface area is 158 Å². The molecular formula is C25H20N2. The number of aryl methyl sites for hydroxylation is 3. The van der Waals surface area contributed by atoms with E-state index in [9.17, 15) is 0 Å². The molecule has 0 radical (unpaired) electrons. The quantitative estimate of drug-likeness (QED) is 0.322. The number of fused-ring (bicyclic) bond motifs is 6. The lowest BCUT2D eigenvalue weighted by Crippen LogP contribution is -1.95. The molecule has 27 heavy (non-hydrogen) atoms. The molecule has 0 amide bonds. The second-order valence-corrected chi connectivity index (χ2v) is 7.32. The number of rotatable bonds is 1. The molecule has 1 aromatic heterocycles. The van der Waals surface area contributed by atoms with E-state index < -0.39 is 0 Å². The van der Waals surface area contributed by atoms with Gasteiger partial charge in [-0.2, -0.15) is 0 Å². The summed E-state index contributed by atoms with van der Waals surface area (Å²) in [7, 11) is 0. The summed E-state index contributed by atoms with van der Waals surface area (Å²) in [5.74, 6) is 0. The Kier molecular flexibility index (Phi) is 3.48. The summed E-state index contributed by atoms with van der Waals surface area (Å²) in [5, 5.41) is 4.93. The fourth-order valence-electron chi connectivity index (χ4n) is 4.20. The molecule has 0 spiro atoms. The minimum Gasteiger partial charge on any atom is -0.252 e. The summed E-state index contributed by atoms with van der Waals surface area (Å²) >= 11 is 0. The fourth-order valence-corrected chi connectivity index (χ4v) is 4.20. The summed E-state index contributed by atoms with van der Waals surface area (Å²) < 4.78 is 0. The zero-order valence-corrected chi connectivity index (χ0v) is 15.7. The maximum atomic E-state index is 5.09. The van der Waals surface area contributed by atoms with Gasteiger partial charge in [-0.15, -0.1) is 0 Å². The third kappa shape index (κ3) is 2.41. The summed E-state index contributed by atoms with van der Waals surface area (Å²) in [6, 6.07) is 21.3. The third-order valence-electron chi connectivity index (χ3n) is 5.36. The Balaban J connectivity index is 2.02. The van der Waals surface area contributed by atoms with Crippen LogP contribution in [-0.4, -0.2) is 9.97 Å². The van der Waals surface area contributed by atoms with Gasteiger partial charge in [-0.3, -0.25) is 4.98 Å². The van der Waals surface area contributed by atoms with E-state index >= 15 is 0 Å². The van der Waals surface area contributed by atoms with Gasteiger partial charge in [0.15, 0.2) is 0 Å². The monoisotopic (exact) mass is 348 g/mol. The molecule has 1 heterocycles. The topological polar surface area (TPSA) is 25.8 Å². The van der Waals surface area contributed by atoms with Gasteiger partial charge in [0.05, 0.1) is 22.9 Å². The molecule has 2 heteroatoms. The predicted molar refractivity (Wildman–Crippen MR) is 114 cm³/mol. The average Bonchev–Trinajstić information content (AvgIpc) is 2.68. The lowest BCUT2D eigenvalue weighted by Gasteiger charge is -2.14. The molecule has 5 aromatic rings. The van der Waals surface area contributed by atoms with Crippen molar-refractivity contribution in [2.45, 2.75) is 20.8 Å². The van der Waals surface area contributed by atoms with Crippen molar-refractivity contribution < 1.29 is 0 Å². The van der Waals surface area contributed by atoms with E-state index in [1.54, 1.807) is 0 Å². The number of nitrogens with zero attached hydrogens (tertiary/aromatic N) is 2. The van der Waals surface area contributed by atoms with Crippen molar-refractivity contribution in [1.29, 1.82) is 0 Å². The first kappa shape index (κ1) is 16.0. The van der Waals surface area contributed by atoms with E-state index in [0.717, 1.165) is 22.3 Å². The summed E-state index contributed by atoms with van der Waals surface area (Å²) in [4.78, 5) is 9.99. The van der Waals surface area contributed by atoms with Crippen LogP contribution in [0.3, 0.4) is 0 Å². The largest absolute Gasteiger partial charge is 0.252 e. The summed E-state index contributed by atoms with van der Waals surface area (Å²) in [5.41, 5.74) is 7.74. The second kappa shape index (κ2) is 5.88. The highest BCUT2D eigenvalue weighted by atomic mass is 14.8. The first-order valence-corrected chi connectivity index (χ1v) is 9.28. The van der Waals surface area contributed by atoms with Gasteiger partial charge in [-0.1, -0.05) is 66.2 Å². The average molecular weight is 348 g/mol. The van der Waals surface area contributed by atoms with Gasteiger partial charge in [0.2, 0.25) is 0 Å². The van der Waals surface area contributed by atoms with Crippen molar-refractivity contribution in [2.24, 2.45) is 0 Å². The van der Waals surface area contributed by atoms with Crippen LogP contribution in [-0.2, 0) is 0 Å². The molecule has 0 N–H and O–H groups in total. The molecule has 5 rings (SSSR count). The van der Waals surface area contributed by atoms with Gasteiger partial charge in [0, 0.05) is 16.3 Å². The molecule has 4 aromatic carbocycles. The Bertz CT molecular complexity index is 1340. The van der Waals surface area contributed by atoms with E-state index in [0.29, 0.717) is 0 Å². The first-order chi connectivity index (χ1) is 13.1. The molecule has 0 fully saturated rings. The molecule has 0 unspecified atom stereocenters. The van der Waals surface area contributed by atoms with Crippen LogP contribution in [0.15, 0.2) is 66.9 Å². The van der Waals surface area contributed by atoms with E-state index in [1.165, 1.54) is 38.2 Å². The number of hydrogen-bond acceptors (Lipinski definition) is 2. The van der Waals surface area contributed by atoms with Crippen LogP contribution in [0.2, 0.25) is 0 Å². The van der Waals surface area contributed by atoms with Crippen LogP contribution < -0.4 is 0 Å². The van der Waals surface area contributed by atoms with E-state index in [1.807, 2.05) is 24.4 Å². The van der Waals surface area contributed by atoms with Crippen LogP contribution in [0.5, 0.6) is 0 Å². The Hall–Kier alpha value is -3.26. The number of aromatic nitrogens is 2. The molecule has 0 bridgehead atoms. The lowest BCUT2D eigenvalue weighted by molar-refractivity contribution is 1.30. The van der Waals surface area contributed by atoms with Crippen molar-refractivity contribution in [3.63, 3.8) is 0 Å². The molecule has 0 saturated heterocycles. The highest BCUT2D eigenvalue weighted by Crippen LogP contribution is 2.37. The smallest absolute Gasteiger partial charge is 0.0982 e. The minimum atomic E-state index is 0.914. The molecular weight excluding hydrogens is 328 g/mol. The van der Waals surface area contributed by atoms with Crippen molar-refractivity contribution >= 4 is 32.6 Å². The minimum absolute atomic E-state index is 0.914. The Morgan fingerprint density at radius 1 is 0.667 bits per heavy atom. The van der Waals surface area contributed by atoms with Crippen LogP contribution >= 0.6 is 0 Å². The normalized spacial score (nSPS) is 11.5. The maximum Gasteiger partial charge on any atom is 0.0982 e. The molecule has 0 aliphatic rings. The van der Waals surface area contributed by atoms with Crippen molar-refractivity contribution in [1.82, 2.24) is 9.97 Å². The summed E-state index contributed by atoms with van der Waals surface area (Å²) in [6.45, 7) is 6.48. The van der Waals surface area contributed by atoms with Gasteiger partial charge < -0.3 is 0 Å². The van der Waals surface area contributed by atoms with Gasteiger partial charge in [-0.25, -0.2) is 4.98 Å². The van der Waals surface area contributed by atoms with Crippen LogP contribution in [0.4, 0.5) is 0 Å². The SMILES string of the molecule is Cc1cc(C)c2c(c1)c1cccc(C)c1c1nc(-c3ccccc3)cnc12. The number of hydrogen-bond donors (Lipinski definition) is 0.